The molecule has 0 bridgehead atoms. The Labute approximate surface area is 149 Å². The smallest absolute Gasteiger partial charge is 0.227 e. The molecule has 7 heteroatoms. The van der Waals surface area contributed by atoms with Crippen molar-refractivity contribution in [2.75, 3.05) is 6.54 Å². The molecule has 0 radical (unpaired) electrons. The summed E-state index contributed by atoms with van der Waals surface area (Å²) in [6.07, 6.45) is 3.52. The third-order valence-electron chi connectivity index (χ3n) is 4.60. The van der Waals surface area contributed by atoms with Gasteiger partial charge in [-0.3, -0.25) is 9.20 Å². The molecule has 1 fully saturated rings. The maximum Gasteiger partial charge on any atom is 0.227 e. The first-order valence-corrected chi connectivity index (χ1v) is 8.55. The summed E-state index contributed by atoms with van der Waals surface area (Å²) in [7, 11) is 0. The van der Waals surface area contributed by atoms with Crippen molar-refractivity contribution in [3.05, 3.63) is 64.8 Å². The molecule has 1 aliphatic heterocycles. The molecule has 1 aromatic carbocycles. The molecule has 1 aliphatic rings. The average Bonchev–Trinajstić information content (AvgIpc) is 3.24. The number of pyridine rings is 1. The van der Waals surface area contributed by atoms with Crippen molar-refractivity contribution in [1.82, 2.24) is 19.5 Å². The van der Waals surface area contributed by atoms with Gasteiger partial charge in [-0.05, 0) is 37.1 Å². The number of likely N-dealkylation sites (tertiary alicyclic amines) is 1. The van der Waals surface area contributed by atoms with Crippen LogP contribution in [0, 0.1) is 5.82 Å². The van der Waals surface area contributed by atoms with Gasteiger partial charge in [-0.15, -0.1) is 10.2 Å². The molecule has 1 saturated heterocycles. The molecule has 0 aliphatic carbocycles. The molecule has 1 amide bonds. The topological polar surface area (TPSA) is 50.5 Å². The highest BCUT2D eigenvalue weighted by molar-refractivity contribution is 6.31. The van der Waals surface area contributed by atoms with Crippen LogP contribution in [0.15, 0.2) is 42.6 Å². The normalized spacial score (nSPS) is 17.4. The van der Waals surface area contributed by atoms with Gasteiger partial charge < -0.3 is 4.90 Å². The van der Waals surface area contributed by atoms with E-state index in [1.165, 1.54) is 12.1 Å². The number of halogens is 2. The van der Waals surface area contributed by atoms with Crippen LogP contribution in [0.2, 0.25) is 5.02 Å². The predicted molar refractivity (Wildman–Crippen MR) is 91.8 cm³/mol. The molecule has 2 aromatic heterocycles. The Morgan fingerprint density at radius 2 is 2.12 bits per heavy atom. The van der Waals surface area contributed by atoms with E-state index in [-0.39, 0.29) is 29.0 Å². The first-order chi connectivity index (χ1) is 12.1. The Bertz CT molecular complexity index is 921. The second kappa shape index (κ2) is 6.44. The number of hydrogen-bond donors (Lipinski definition) is 0. The van der Waals surface area contributed by atoms with Gasteiger partial charge >= 0.3 is 0 Å². The summed E-state index contributed by atoms with van der Waals surface area (Å²) in [6, 6.07) is 9.97. The lowest BCUT2D eigenvalue weighted by atomic mass is 10.1. The molecule has 128 valence electrons. The van der Waals surface area contributed by atoms with Crippen LogP contribution >= 0.6 is 11.6 Å². The highest BCUT2D eigenvalue weighted by Crippen LogP contribution is 2.32. The lowest BCUT2D eigenvalue weighted by Crippen LogP contribution is -2.33. The number of aromatic nitrogens is 3. The second-order valence-corrected chi connectivity index (χ2v) is 6.52. The molecule has 1 atom stereocenters. The van der Waals surface area contributed by atoms with Gasteiger partial charge in [0.15, 0.2) is 11.5 Å². The van der Waals surface area contributed by atoms with Crippen molar-refractivity contribution < 1.29 is 9.18 Å². The van der Waals surface area contributed by atoms with Gasteiger partial charge in [0.2, 0.25) is 5.91 Å². The molecule has 25 heavy (non-hydrogen) atoms. The SMILES string of the molecule is O=C(Cc1c(F)cccc1Cl)N1CCC[C@@H]1c1nnc2ccccn12. The first kappa shape index (κ1) is 16.0. The molecule has 0 spiro atoms. The van der Waals surface area contributed by atoms with E-state index in [2.05, 4.69) is 10.2 Å². The molecule has 4 rings (SSSR count). The van der Waals surface area contributed by atoms with Crippen LogP contribution in [0.4, 0.5) is 4.39 Å². The highest BCUT2D eigenvalue weighted by atomic mass is 35.5. The minimum atomic E-state index is -0.454. The van der Waals surface area contributed by atoms with Crippen LogP contribution in [0.25, 0.3) is 5.65 Å². The van der Waals surface area contributed by atoms with Crippen LogP contribution in [0.5, 0.6) is 0 Å². The fraction of sp³-hybridized carbons (Fsp3) is 0.278. The number of amides is 1. The van der Waals surface area contributed by atoms with Crippen molar-refractivity contribution in [3.8, 4) is 0 Å². The van der Waals surface area contributed by atoms with Gasteiger partial charge in [-0.2, -0.15) is 0 Å². The van der Waals surface area contributed by atoms with Crippen LogP contribution in [0.3, 0.4) is 0 Å². The third-order valence-corrected chi connectivity index (χ3v) is 4.96. The number of carbonyl (C=O) groups excluding carboxylic acids is 1. The second-order valence-electron chi connectivity index (χ2n) is 6.11. The molecule has 0 N–H and O–H groups in total. The summed E-state index contributed by atoms with van der Waals surface area (Å²) in [6.45, 7) is 0.622. The lowest BCUT2D eigenvalue weighted by molar-refractivity contribution is -0.131. The van der Waals surface area contributed by atoms with Crippen molar-refractivity contribution in [3.63, 3.8) is 0 Å². The van der Waals surface area contributed by atoms with Crippen molar-refractivity contribution >= 4 is 23.2 Å². The highest BCUT2D eigenvalue weighted by Gasteiger charge is 2.33. The van der Waals surface area contributed by atoms with Gasteiger partial charge in [-0.1, -0.05) is 23.7 Å². The van der Waals surface area contributed by atoms with Gasteiger partial charge in [0.25, 0.3) is 0 Å². The average molecular weight is 359 g/mol. The Morgan fingerprint density at radius 1 is 1.24 bits per heavy atom. The van der Waals surface area contributed by atoms with Gasteiger partial charge in [0.05, 0.1) is 12.5 Å². The summed E-state index contributed by atoms with van der Waals surface area (Å²) < 4.78 is 15.9. The fourth-order valence-corrected chi connectivity index (χ4v) is 3.60. The third kappa shape index (κ3) is 2.87. The van der Waals surface area contributed by atoms with Crippen LogP contribution in [0.1, 0.15) is 30.3 Å². The minimum Gasteiger partial charge on any atom is -0.332 e. The maximum absolute atomic E-state index is 14.0. The largest absolute Gasteiger partial charge is 0.332 e. The zero-order valence-electron chi connectivity index (χ0n) is 13.4. The van der Waals surface area contributed by atoms with Crippen LogP contribution in [-0.2, 0) is 11.2 Å². The maximum atomic E-state index is 14.0. The number of nitrogens with zero attached hydrogens (tertiary/aromatic N) is 4. The molecular weight excluding hydrogens is 343 g/mol. The number of fused-ring (bicyclic) bond motifs is 1. The van der Waals surface area contributed by atoms with E-state index < -0.39 is 5.82 Å². The van der Waals surface area contributed by atoms with Crippen molar-refractivity contribution in [2.45, 2.75) is 25.3 Å². The Morgan fingerprint density at radius 3 is 2.96 bits per heavy atom. The molecule has 3 aromatic rings. The number of benzene rings is 1. The molecular formula is C18H16ClFN4O. The predicted octanol–water partition coefficient (Wildman–Crippen LogP) is 3.43. The van der Waals surface area contributed by atoms with Crippen LogP contribution in [-0.4, -0.2) is 31.9 Å². The summed E-state index contributed by atoms with van der Waals surface area (Å²) in [5, 5.41) is 8.71. The number of hydrogen-bond acceptors (Lipinski definition) is 3. The van der Waals surface area contributed by atoms with Gasteiger partial charge in [-0.25, -0.2) is 4.39 Å². The Kier molecular flexibility index (Phi) is 4.13. The van der Waals surface area contributed by atoms with Gasteiger partial charge in [0.1, 0.15) is 5.82 Å². The monoisotopic (exact) mass is 358 g/mol. The minimum absolute atomic E-state index is 0.0568. The van der Waals surface area contributed by atoms with E-state index in [1.807, 2.05) is 28.8 Å². The van der Waals surface area contributed by atoms with Crippen molar-refractivity contribution in [2.24, 2.45) is 0 Å². The molecule has 0 unspecified atom stereocenters. The van der Waals surface area contributed by atoms with E-state index in [1.54, 1.807) is 11.0 Å². The zero-order chi connectivity index (χ0) is 17.4. The number of carbonyl (C=O) groups is 1. The first-order valence-electron chi connectivity index (χ1n) is 8.17. The summed E-state index contributed by atoms with van der Waals surface area (Å²) in [5.74, 6) is 0.132. The lowest BCUT2D eigenvalue weighted by Gasteiger charge is -2.24. The van der Waals surface area contributed by atoms with E-state index >= 15 is 0 Å². The number of rotatable bonds is 3. The van der Waals surface area contributed by atoms with Gasteiger partial charge in [0, 0.05) is 23.3 Å². The summed E-state index contributed by atoms with van der Waals surface area (Å²) in [5.41, 5.74) is 0.986. The molecule has 5 nitrogen and oxygen atoms in total. The van der Waals surface area contributed by atoms with E-state index in [4.69, 9.17) is 11.6 Å². The van der Waals surface area contributed by atoms with Crippen molar-refractivity contribution in [1.29, 1.82) is 0 Å². The van der Waals surface area contributed by atoms with E-state index in [0.29, 0.717) is 6.54 Å². The fourth-order valence-electron chi connectivity index (χ4n) is 3.37. The standard InChI is InChI=1S/C18H16ClFN4O/c19-13-5-3-6-14(20)12(13)11-17(25)23-10-4-7-15(23)18-22-21-16-8-1-2-9-24(16)18/h1-3,5-6,8-9,15H,4,7,10-11H2/t15-/m1/s1. The Balaban J connectivity index is 1.62. The summed E-state index contributed by atoms with van der Waals surface area (Å²) in [4.78, 5) is 14.6. The quantitative estimate of drug-likeness (QED) is 0.720. The van der Waals surface area contributed by atoms with E-state index in [9.17, 15) is 9.18 Å². The summed E-state index contributed by atoms with van der Waals surface area (Å²) >= 11 is 6.06. The van der Waals surface area contributed by atoms with Crippen LogP contribution < -0.4 is 0 Å². The Hall–Kier alpha value is -2.47. The van der Waals surface area contributed by atoms with E-state index in [0.717, 1.165) is 24.3 Å². The zero-order valence-corrected chi connectivity index (χ0v) is 14.2. The molecule has 0 saturated carbocycles. The molecule has 3 heterocycles.